The zero-order valence-corrected chi connectivity index (χ0v) is 13.1. The van der Waals surface area contributed by atoms with Crippen LogP contribution in [-0.4, -0.2) is 42.6 Å². The van der Waals surface area contributed by atoms with E-state index in [0.717, 1.165) is 12.0 Å². The van der Waals surface area contributed by atoms with Crippen LogP contribution in [0.3, 0.4) is 0 Å². The van der Waals surface area contributed by atoms with Crippen molar-refractivity contribution < 1.29 is 14.7 Å². The topological polar surface area (TPSA) is 81.7 Å². The lowest BCUT2D eigenvalue weighted by Crippen LogP contribution is -2.38. The Morgan fingerprint density at radius 3 is 2.52 bits per heavy atom. The van der Waals surface area contributed by atoms with Crippen LogP contribution >= 0.6 is 0 Å². The lowest BCUT2D eigenvalue weighted by Gasteiger charge is -2.21. The van der Waals surface area contributed by atoms with Crippen molar-refractivity contribution in [3.05, 3.63) is 36.2 Å². The minimum absolute atomic E-state index is 0.118. The maximum atomic E-state index is 12.0. The van der Waals surface area contributed by atoms with Gasteiger partial charge in [0.2, 0.25) is 5.91 Å². The Labute approximate surface area is 126 Å². The fourth-order valence-electron chi connectivity index (χ4n) is 1.48. The van der Waals surface area contributed by atoms with Gasteiger partial charge in [0.25, 0.3) is 0 Å². The minimum Gasteiger partial charge on any atom is -0.361 e. The number of nitrogens with zero attached hydrogens (tertiary/aromatic N) is 1. The third-order valence-electron chi connectivity index (χ3n) is 3.03. The molecule has 0 aromatic carbocycles. The molecule has 6 nitrogen and oxygen atoms in total. The van der Waals surface area contributed by atoms with Crippen molar-refractivity contribution in [2.75, 3.05) is 14.1 Å². The molecule has 0 saturated heterocycles. The van der Waals surface area contributed by atoms with E-state index < -0.39 is 6.35 Å². The van der Waals surface area contributed by atoms with Gasteiger partial charge >= 0.3 is 0 Å². The van der Waals surface area contributed by atoms with Gasteiger partial charge in [0, 0.05) is 30.8 Å². The normalized spacial score (nSPS) is 15.1. The van der Waals surface area contributed by atoms with Gasteiger partial charge in [-0.3, -0.25) is 10.1 Å². The Hall–Kier alpha value is -1.92. The molecule has 0 aromatic rings. The number of carbonyl (C=O) groups excluding carboxylic acids is 2. The van der Waals surface area contributed by atoms with Gasteiger partial charge < -0.3 is 20.1 Å². The van der Waals surface area contributed by atoms with Gasteiger partial charge in [0.1, 0.15) is 6.29 Å². The quantitative estimate of drug-likeness (QED) is 0.332. The SMILES string of the molecule is C=C/C(=C\C=C(/C)N(C)C(=O)C(C)CC=O)NC(O)NC. The average Bonchev–Trinajstić information content (AvgIpc) is 2.49. The summed E-state index contributed by atoms with van der Waals surface area (Å²) in [6.45, 7) is 7.15. The third-order valence-corrected chi connectivity index (χ3v) is 3.03. The highest BCUT2D eigenvalue weighted by Gasteiger charge is 2.17. The molecule has 0 rings (SSSR count). The largest absolute Gasteiger partial charge is 0.361 e. The summed E-state index contributed by atoms with van der Waals surface area (Å²) in [4.78, 5) is 24.0. The molecule has 0 aromatic heterocycles. The molecule has 0 heterocycles. The molecule has 2 atom stereocenters. The van der Waals surface area contributed by atoms with Gasteiger partial charge in [0.15, 0.2) is 6.35 Å². The number of rotatable bonds is 9. The number of aliphatic hydroxyl groups is 1. The molecule has 0 aliphatic rings. The summed E-state index contributed by atoms with van der Waals surface area (Å²) in [5, 5.41) is 14.8. The van der Waals surface area contributed by atoms with Crippen molar-refractivity contribution in [3.63, 3.8) is 0 Å². The lowest BCUT2D eigenvalue weighted by molar-refractivity contribution is -0.133. The Morgan fingerprint density at radius 2 is 2.05 bits per heavy atom. The predicted molar refractivity (Wildman–Crippen MR) is 82.9 cm³/mol. The monoisotopic (exact) mass is 295 g/mol. The van der Waals surface area contributed by atoms with Crippen molar-refractivity contribution in [3.8, 4) is 0 Å². The molecule has 118 valence electrons. The lowest BCUT2D eigenvalue weighted by atomic mass is 10.1. The number of hydrogen-bond donors (Lipinski definition) is 3. The van der Waals surface area contributed by atoms with E-state index in [1.807, 2.05) is 0 Å². The van der Waals surface area contributed by atoms with Crippen LogP contribution in [0.5, 0.6) is 0 Å². The second-order valence-electron chi connectivity index (χ2n) is 4.67. The van der Waals surface area contributed by atoms with Crippen LogP contribution in [0.15, 0.2) is 36.2 Å². The van der Waals surface area contributed by atoms with E-state index in [1.165, 1.54) is 4.90 Å². The third kappa shape index (κ3) is 6.87. The zero-order valence-electron chi connectivity index (χ0n) is 13.1. The van der Waals surface area contributed by atoms with Crippen LogP contribution in [0.2, 0.25) is 0 Å². The van der Waals surface area contributed by atoms with Crippen LogP contribution < -0.4 is 10.6 Å². The van der Waals surface area contributed by atoms with Crippen LogP contribution in [0.4, 0.5) is 0 Å². The number of aliphatic hydroxyl groups excluding tert-OH is 1. The fraction of sp³-hybridized carbons (Fsp3) is 0.467. The molecular weight excluding hydrogens is 270 g/mol. The van der Waals surface area contributed by atoms with E-state index in [2.05, 4.69) is 17.2 Å². The summed E-state index contributed by atoms with van der Waals surface area (Å²) in [6, 6.07) is 0. The molecule has 3 N–H and O–H groups in total. The van der Waals surface area contributed by atoms with Gasteiger partial charge in [-0.2, -0.15) is 0 Å². The van der Waals surface area contributed by atoms with E-state index >= 15 is 0 Å². The van der Waals surface area contributed by atoms with E-state index in [-0.39, 0.29) is 18.2 Å². The standard InChI is InChI=1S/C15H25N3O3/c1-6-13(17-15(21)16-4)8-7-12(3)18(5)14(20)11(2)9-10-19/h6-8,10-11,15-17,21H,1,9H2,2-5H3/b12-7+,13-8+. The van der Waals surface area contributed by atoms with Gasteiger partial charge in [-0.15, -0.1) is 0 Å². The summed E-state index contributed by atoms with van der Waals surface area (Å²) < 4.78 is 0. The summed E-state index contributed by atoms with van der Waals surface area (Å²) in [5.74, 6) is -0.462. The molecule has 0 saturated carbocycles. The Kier molecular flexibility index (Phi) is 9.00. The molecule has 1 amide bonds. The van der Waals surface area contributed by atoms with Gasteiger partial charge in [-0.1, -0.05) is 13.5 Å². The first kappa shape index (κ1) is 19.1. The molecule has 2 unspecified atom stereocenters. The Bertz CT molecular complexity index is 430. The maximum absolute atomic E-state index is 12.0. The van der Waals surface area contributed by atoms with Crippen molar-refractivity contribution >= 4 is 12.2 Å². The summed E-state index contributed by atoms with van der Waals surface area (Å²) >= 11 is 0. The first-order valence-electron chi connectivity index (χ1n) is 6.71. The van der Waals surface area contributed by atoms with Crippen LogP contribution in [-0.2, 0) is 9.59 Å². The predicted octanol–water partition coefficient (Wildman–Crippen LogP) is 0.728. The van der Waals surface area contributed by atoms with Crippen molar-refractivity contribution in [1.29, 1.82) is 0 Å². The molecule has 0 aliphatic carbocycles. The molecule has 0 bridgehead atoms. The smallest absolute Gasteiger partial charge is 0.229 e. The van der Waals surface area contributed by atoms with Crippen LogP contribution in [0.1, 0.15) is 20.3 Å². The van der Waals surface area contributed by atoms with E-state index in [9.17, 15) is 14.7 Å². The molecule has 0 spiro atoms. The van der Waals surface area contributed by atoms with Gasteiger partial charge in [0.05, 0.1) is 0 Å². The number of amides is 1. The number of allylic oxidation sites excluding steroid dienone is 4. The molecule has 0 aliphatic heterocycles. The van der Waals surface area contributed by atoms with Crippen LogP contribution in [0.25, 0.3) is 0 Å². The first-order chi connectivity index (χ1) is 9.87. The van der Waals surface area contributed by atoms with Crippen molar-refractivity contribution in [1.82, 2.24) is 15.5 Å². The molecule has 21 heavy (non-hydrogen) atoms. The average molecular weight is 295 g/mol. The second kappa shape index (κ2) is 9.90. The van der Waals surface area contributed by atoms with E-state index in [1.54, 1.807) is 46.2 Å². The Morgan fingerprint density at radius 1 is 1.43 bits per heavy atom. The molecule has 0 radical (unpaired) electrons. The molecule has 0 fully saturated rings. The number of nitrogens with one attached hydrogen (secondary N) is 2. The highest BCUT2D eigenvalue weighted by atomic mass is 16.3. The van der Waals surface area contributed by atoms with Gasteiger partial charge in [-0.05, 0) is 32.2 Å². The number of carbonyl (C=O) groups is 2. The molecule has 6 heteroatoms. The highest BCUT2D eigenvalue weighted by molar-refractivity contribution is 5.81. The summed E-state index contributed by atoms with van der Waals surface area (Å²) in [5.41, 5.74) is 1.33. The van der Waals surface area contributed by atoms with Crippen LogP contribution in [0, 0.1) is 5.92 Å². The van der Waals surface area contributed by atoms with Gasteiger partial charge in [-0.25, -0.2) is 0 Å². The Balaban J connectivity index is 4.87. The van der Waals surface area contributed by atoms with E-state index in [4.69, 9.17) is 0 Å². The fourth-order valence-corrected chi connectivity index (χ4v) is 1.48. The van der Waals surface area contributed by atoms with Crippen molar-refractivity contribution in [2.24, 2.45) is 5.92 Å². The summed E-state index contributed by atoms with van der Waals surface area (Å²) in [6.07, 6.45) is 5.07. The highest BCUT2D eigenvalue weighted by Crippen LogP contribution is 2.10. The van der Waals surface area contributed by atoms with E-state index in [0.29, 0.717) is 5.70 Å². The number of hydrogen-bond acceptors (Lipinski definition) is 5. The first-order valence-corrected chi connectivity index (χ1v) is 6.71. The second-order valence-corrected chi connectivity index (χ2v) is 4.67. The van der Waals surface area contributed by atoms with Crippen molar-refractivity contribution in [2.45, 2.75) is 26.6 Å². The maximum Gasteiger partial charge on any atom is 0.229 e. The minimum atomic E-state index is -0.880. The molecular formula is C15H25N3O3. The summed E-state index contributed by atoms with van der Waals surface area (Å²) in [7, 11) is 3.27. The number of aldehydes is 1. The zero-order chi connectivity index (χ0) is 16.4.